The number of nitrogens with one attached hydrogen (secondary N) is 2. The number of hydrogen-bond donors (Lipinski definition) is 2. The van der Waals surface area contributed by atoms with Crippen molar-refractivity contribution >= 4 is 40.8 Å². The molecule has 158 valence electrons. The summed E-state index contributed by atoms with van der Waals surface area (Å²) in [5.41, 5.74) is 3.99. The van der Waals surface area contributed by atoms with E-state index in [0.717, 1.165) is 28.2 Å². The lowest BCUT2D eigenvalue weighted by Gasteiger charge is -2.22. The number of amides is 1. The Hall–Kier alpha value is -2.55. The van der Waals surface area contributed by atoms with Crippen molar-refractivity contribution in [2.45, 2.75) is 38.3 Å². The fraction of sp³-hybridized carbons (Fsp3) is 0.261. The molecule has 0 unspecified atom stereocenters. The van der Waals surface area contributed by atoms with Crippen molar-refractivity contribution in [3.8, 4) is 10.7 Å². The van der Waals surface area contributed by atoms with Crippen molar-refractivity contribution in [3.05, 3.63) is 79.6 Å². The number of carbonyl (C=O) groups excluding carboxylic acids is 1. The second kappa shape index (κ2) is 8.90. The van der Waals surface area contributed by atoms with Gasteiger partial charge in [-0.15, -0.1) is 22.7 Å². The number of rotatable bonds is 6. The number of aryl methyl sites for hydroxylation is 2. The average molecular weight is 467 g/mol. The zero-order valence-corrected chi connectivity index (χ0v) is 19.3. The van der Waals surface area contributed by atoms with Gasteiger partial charge in [-0.25, -0.2) is 0 Å². The first-order valence-electron chi connectivity index (χ1n) is 10.3. The molecule has 1 aliphatic rings. The average Bonchev–Trinajstić information content (AvgIpc) is 3.55. The molecule has 0 bridgehead atoms. The first-order valence-corrected chi connectivity index (χ1v) is 12.5. The van der Waals surface area contributed by atoms with Crippen LogP contribution in [0, 0.1) is 4.77 Å². The van der Waals surface area contributed by atoms with Crippen LogP contribution in [0.3, 0.4) is 0 Å². The molecule has 1 atom stereocenters. The third-order valence-corrected chi connectivity index (χ3v) is 7.76. The Morgan fingerprint density at radius 2 is 1.94 bits per heavy atom. The Bertz CT molecular complexity index is 1240. The minimum atomic E-state index is -0.175. The van der Waals surface area contributed by atoms with E-state index in [4.69, 9.17) is 12.2 Å². The van der Waals surface area contributed by atoms with Crippen LogP contribution >= 0.6 is 34.9 Å². The molecule has 0 fully saturated rings. The van der Waals surface area contributed by atoms with Gasteiger partial charge in [-0.1, -0.05) is 30.3 Å². The Balaban J connectivity index is 1.42. The zero-order chi connectivity index (χ0) is 21.2. The number of thiophene rings is 2. The smallest absolute Gasteiger partial charge is 0.240 e. The number of nitrogens with zero attached hydrogens (tertiary/aromatic N) is 2. The van der Waals surface area contributed by atoms with Crippen molar-refractivity contribution in [1.29, 1.82) is 0 Å². The van der Waals surface area contributed by atoms with Gasteiger partial charge in [0.25, 0.3) is 0 Å². The van der Waals surface area contributed by atoms with Gasteiger partial charge in [0.1, 0.15) is 6.54 Å². The van der Waals surface area contributed by atoms with E-state index in [1.807, 2.05) is 29.0 Å². The van der Waals surface area contributed by atoms with Gasteiger partial charge in [-0.3, -0.25) is 14.5 Å². The molecule has 31 heavy (non-hydrogen) atoms. The fourth-order valence-electron chi connectivity index (χ4n) is 4.12. The van der Waals surface area contributed by atoms with Crippen LogP contribution in [0.2, 0.25) is 0 Å². The zero-order valence-electron chi connectivity index (χ0n) is 16.8. The highest BCUT2D eigenvalue weighted by Crippen LogP contribution is 2.30. The van der Waals surface area contributed by atoms with E-state index in [1.54, 1.807) is 27.2 Å². The summed E-state index contributed by atoms with van der Waals surface area (Å²) in [5, 5.41) is 14.4. The van der Waals surface area contributed by atoms with Gasteiger partial charge in [-0.05, 0) is 77.5 Å². The number of H-pyrrole nitrogens is 1. The van der Waals surface area contributed by atoms with Crippen LogP contribution in [0.15, 0.2) is 53.2 Å². The first-order chi connectivity index (χ1) is 15.2. The van der Waals surface area contributed by atoms with E-state index < -0.39 is 0 Å². The summed E-state index contributed by atoms with van der Waals surface area (Å²) in [6, 6.07) is 14.5. The van der Waals surface area contributed by atoms with Crippen molar-refractivity contribution < 1.29 is 4.79 Å². The molecule has 0 radical (unpaired) electrons. The Morgan fingerprint density at radius 1 is 1.13 bits per heavy atom. The van der Waals surface area contributed by atoms with Gasteiger partial charge in [0.05, 0.1) is 10.9 Å². The monoisotopic (exact) mass is 466 g/mol. The molecule has 0 spiro atoms. The number of fused-ring (bicyclic) bond motifs is 1. The second-order valence-corrected chi connectivity index (χ2v) is 9.98. The summed E-state index contributed by atoms with van der Waals surface area (Å²) in [4.78, 5) is 15.2. The summed E-state index contributed by atoms with van der Waals surface area (Å²) in [7, 11) is 0. The van der Waals surface area contributed by atoms with Gasteiger partial charge in [0, 0.05) is 4.88 Å². The first kappa shape index (κ1) is 20.4. The summed E-state index contributed by atoms with van der Waals surface area (Å²) < 4.78 is 2.20. The maximum Gasteiger partial charge on any atom is 0.240 e. The number of aromatic nitrogens is 3. The molecule has 1 aliphatic carbocycles. The van der Waals surface area contributed by atoms with Crippen LogP contribution in [0.4, 0.5) is 0 Å². The molecule has 0 saturated carbocycles. The Morgan fingerprint density at radius 3 is 2.71 bits per heavy atom. The van der Waals surface area contributed by atoms with Gasteiger partial charge >= 0.3 is 0 Å². The Labute approximate surface area is 193 Å². The quantitative estimate of drug-likeness (QED) is 0.368. The molecule has 4 aromatic rings. The third-order valence-electron chi connectivity index (χ3n) is 5.64. The predicted octanol–water partition coefficient (Wildman–Crippen LogP) is 5.52. The molecule has 3 heterocycles. The summed E-state index contributed by atoms with van der Waals surface area (Å²) in [6.07, 6.45) is 4.75. The topological polar surface area (TPSA) is 62.7 Å². The van der Waals surface area contributed by atoms with Crippen LogP contribution in [0.1, 0.15) is 40.5 Å². The number of aromatic amines is 1. The minimum Gasteiger partial charge on any atom is -0.343 e. The molecule has 2 N–H and O–H groups in total. The molecular weight excluding hydrogens is 444 g/mol. The highest BCUT2D eigenvalue weighted by Gasteiger charge is 2.21. The normalized spacial score (nSPS) is 14.2. The lowest BCUT2D eigenvalue weighted by molar-refractivity contribution is -0.122. The minimum absolute atomic E-state index is 0.0913. The fourth-order valence-corrected chi connectivity index (χ4v) is 5.84. The molecule has 8 heteroatoms. The highest BCUT2D eigenvalue weighted by atomic mass is 32.1. The van der Waals surface area contributed by atoms with Crippen molar-refractivity contribution in [3.63, 3.8) is 0 Å². The molecule has 0 saturated heterocycles. The molecule has 3 aromatic heterocycles. The molecule has 5 nitrogen and oxygen atoms in total. The lowest BCUT2D eigenvalue weighted by atomic mass is 9.89. The van der Waals surface area contributed by atoms with Crippen LogP contribution < -0.4 is 5.32 Å². The number of carbonyl (C=O) groups is 1. The summed E-state index contributed by atoms with van der Waals surface area (Å²) in [6.45, 7) is 0.120. The van der Waals surface area contributed by atoms with Crippen LogP contribution in [0.25, 0.3) is 10.7 Å². The summed E-state index contributed by atoms with van der Waals surface area (Å²) >= 11 is 8.62. The maximum atomic E-state index is 13.1. The Kier molecular flexibility index (Phi) is 5.85. The third kappa shape index (κ3) is 4.28. The molecule has 5 rings (SSSR count). The van der Waals surface area contributed by atoms with E-state index in [2.05, 4.69) is 39.8 Å². The van der Waals surface area contributed by atoms with Crippen molar-refractivity contribution in [2.75, 3.05) is 0 Å². The van der Waals surface area contributed by atoms with E-state index in [9.17, 15) is 4.79 Å². The van der Waals surface area contributed by atoms with Gasteiger partial charge in [0.15, 0.2) is 10.6 Å². The molecule has 1 amide bonds. The van der Waals surface area contributed by atoms with E-state index >= 15 is 0 Å². The standard InChI is InChI=1S/C23H22N4OS3/c28-20(14-27-22(25-26-23(27)29)19-8-4-12-31-19)24-21(18-7-3-11-30-18)17-10-9-15-5-1-2-6-16(15)13-17/h3-4,7-13,21H,1-2,5-6,14H2,(H,24,28)(H,26,29)/t21-/m0/s1. The summed E-state index contributed by atoms with van der Waals surface area (Å²) in [5.74, 6) is 0.600. The van der Waals surface area contributed by atoms with Gasteiger partial charge in [0.2, 0.25) is 5.91 Å². The second-order valence-electron chi connectivity index (χ2n) is 7.67. The van der Waals surface area contributed by atoms with E-state index in [-0.39, 0.29) is 18.5 Å². The van der Waals surface area contributed by atoms with E-state index in [0.29, 0.717) is 10.6 Å². The lowest BCUT2D eigenvalue weighted by Crippen LogP contribution is -2.32. The van der Waals surface area contributed by atoms with Crippen molar-refractivity contribution in [2.24, 2.45) is 0 Å². The largest absolute Gasteiger partial charge is 0.343 e. The molecule has 0 aliphatic heterocycles. The van der Waals surface area contributed by atoms with Crippen molar-refractivity contribution in [1.82, 2.24) is 20.1 Å². The molecule has 1 aromatic carbocycles. The van der Waals surface area contributed by atoms with Crippen LogP contribution in [0.5, 0.6) is 0 Å². The van der Waals surface area contributed by atoms with E-state index in [1.165, 1.54) is 24.0 Å². The van der Waals surface area contributed by atoms with Crippen LogP contribution in [-0.2, 0) is 24.2 Å². The number of benzene rings is 1. The molecular formula is C23H22N4OS3. The van der Waals surface area contributed by atoms with Crippen LogP contribution in [-0.4, -0.2) is 20.7 Å². The van der Waals surface area contributed by atoms with Gasteiger partial charge < -0.3 is 5.32 Å². The van der Waals surface area contributed by atoms with Gasteiger partial charge in [-0.2, -0.15) is 5.10 Å². The number of hydrogen-bond acceptors (Lipinski definition) is 5. The maximum absolute atomic E-state index is 13.1. The highest BCUT2D eigenvalue weighted by molar-refractivity contribution is 7.71. The predicted molar refractivity (Wildman–Crippen MR) is 128 cm³/mol. The SMILES string of the molecule is O=C(Cn1c(-c2cccs2)n[nH]c1=S)N[C@@H](c1ccc2c(c1)CCCC2)c1cccs1.